The lowest BCUT2D eigenvalue weighted by Gasteiger charge is -2.08. The van der Waals surface area contributed by atoms with Gasteiger partial charge in [0.25, 0.3) is 0 Å². The molecule has 2 rings (SSSR count). The van der Waals surface area contributed by atoms with Gasteiger partial charge < -0.3 is 0 Å². The average Bonchev–Trinajstić information content (AvgIpc) is 2.31. The van der Waals surface area contributed by atoms with Crippen molar-refractivity contribution in [2.45, 2.75) is 12.7 Å². The van der Waals surface area contributed by atoms with Gasteiger partial charge in [-0.3, -0.25) is 4.72 Å². The number of aryl methyl sites for hydroxylation is 1. The number of sulfonamides is 1. The van der Waals surface area contributed by atoms with E-state index in [1.807, 2.05) is 6.92 Å². The number of nitrogens with zero attached hydrogens (tertiary/aromatic N) is 1. The third kappa shape index (κ3) is 3.94. The Labute approximate surface area is 117 Å². The van der Waals surface area contributed by atoms with Crippen molar-refractivity contribution in [1.82, 2.24) is 4.98 Å². The van der Waals surface area contributed by atoms with Gasteiger partial charge in [0.2, 0.25) is 10.0 Å². The van der Waals surface area contributed by atoms with E-state index in [4.69, 9.17) is 11.6 Å². The van der Waals surface area contributed by atoms with E-state index in [0.717, 1.165) is 5.56 Å². The summed E-state index contributed by atoms with van der Waals surface area (Å²) in [5.74, 6) is 0.134. The summed E-state index contributed by atoms with van der Waals surface area (Å²) >= 11 is 5.95. The molecule has 19 heavy (non-hydrogen) atoms. The molecule has 0 fully saturated rings. The largest absolute Gasteiger partial charge is 0.267 e. The van der Waals surface area contributed by atoms with E-state index in [1.165, 1.54) is 0 Å². The van der Waals surface area contributed by atoms with Crippen LogP contribution < -0.4 is 4.72 Å². The Kier molecular flexibility index (Phi) is 4.07. The molecule has 1 N–H and O–H groups in total. The molecule has 100 valence electrons. The lowest BCUT2D eigenvalue weighted by atomic mass is 10.2. The normalized spacial score (nSPS) is 11.3. The molecule has 0 saturated heterocycles. The standard InChI is InChI=1S/C13H13ClN2O2S/c1-10-6-7-15-13(8-10)16-19(17,18)9-11-4-2-3-5-12(11)14/h2-8H,9H2,1H3,(H,15,16). The molecule has 0 atom stereocenters. The first-order chi connectivity index (χ1) is 8.96. The summed E-state index contributed by atoms with van der Waals surface area (Å²) in [5.41, 5.74) is 1.50. The second kappa shape index (κ2) is 5.59. The highest BCUT2D eigenvalue weighted by Crippen LogP contribution is 2.18. The lowest BCUT2D eigenvalue weighted by Crippen LogP contribution is -2.16. The van der Waals surface area contributed by atoms with Crippen LogP contribution in [0, 0.1) is 6.92 Å². The molecule has 4 nitrogen and oxygen atoms in total. The van der Waals surface area contributed by atoms with E-state index in [1.54, 1.807) is 42.6 Å². The number of aromatic nitrogens is 1. The highest BCUT2D eigenvalue weighted by molar-refractivity contribution is 7.91. The second-order valence-electron chi connectivity index (χ2n) is 4.17. The van der Waals surface area contributed by atoms with Gasteiger partial charge >= 0.3 is 0 Å². The van der Waals surface area contributed by atoms with Gasteiger partial charge in [-0.1, -0.05) is 29.8 Å². The fraction of sp³-hybridized carbons (Fsp3) is 0.154. The highest BCUT2D eigenvalue weighted by atomic mass is 35.5. The summed E-state index contributed by atoms with van der Waals surface area (Å²) in [6, 6.07) is 10.3. The smallest absolute Gasteiger partial charge is 0.238 e. The molecule has 0 aliphatic carbocycles. The van der Waals surface area contributed by atoms with Crippen LogP contribution >= 0.6 is 11.6 Å². The maximum atomic E-state index is 12.0. The maximum Gasteiger partial charge on any atom is 0.238 e. The second-order valence-corrected chi connectivity index (χ2v) is 6.30. The van der Waals surface area contributed by atoms with Crippen LogP contribution in [-0.2, 0) is 15.8 Å². The van der Waals surface area contributed by atoms with Gasteiger partial charge in [-0.05, 0) is 36.2 Å². The predicted molar refractivity (Wildman–Crippen MR) is 76.7 cm³/mol. The van der Waals surface area contributed by atoms with Crippen molar-refractivity contribution in [2.24, 2.45) is 0 Å². The van der Waals surface area contributed by atoms with Crippen LogP contribution in [0.15, 0.2) is 42.6 Å². The number of nitrogens with one attached hydrogen (secondary N) is 1. The molecular formula is C13H13ClN2O2S. The number of hydrogen-bond acceptors (Lipinski definition) is 3. The minimum Gasteiger partial charge on any atom is -0.267 e. The number of anilines is 1. The molecule has 0 radical (unpaired) electrons. The molecule has 0 aliphatic rings. The number of benzene rings is 1. The number of rotatable bonds is 4. The third-order valence-corrected chi connectivity index (χ3v) is 4.06. The lowest BCUT2D eigenvalue weighted by molar-refractivity contribution is 0.600. The van der Waals surface area contributed by atoms with E-state index >= 15 is 0 Å². The van der Waals surface area contributed by atoms with Crippen molar-refractivity contribution in [3.8, 4) is 0 Å². The quantitative estimate of drug-likeness (QED) is 0.943. The molecule has 0 amide bonds. The van der Waals surface area contributed by atoms with Gasteiger partial charge in [0, 0.05) is 11.2 Å². The van der Waals surface area contributed by atoms with Crippen LogP contribution in [0.4, 0.5) is 5.82 Å². The van der Waals surface area contributed by atoms with Crippen LogP contribution in [0.3, 0.4) is 0 Å². The molecular weight excluding hydrogens is 284 g/mol. The SMILES string of the molecule is Cc1ccnc(NS(=O)(=O)Cc2ccccc2Cl)c1. The van der Waals surface area contributed by atoms with Crippen LogP contribution in [0.1, 0.15) is 11.1 Å². The summed E-state index contributed by atoms with van der Waals surface area (Å²) in [7, 11) is -3.52. The molecule has 1 aromatic carbocycles. The van der Waals surface area contributed by atoms with Gasteiger partial charge in [0.1, 0.15) is 5.82 Å². The monoisotopic (exact) mass is 296 g/mol. The summed E-state index contributed by atoms with van der Waals surface area (Å²) in [6.45, 7) is 1.87. The zero-order chi connectivity index (χ0) is 13.9. The van der Waals surface area contributed by atoms with Gasteiger partial charge in [-0.15, -0.1) is 0 Å². The molecule has 2 aromatic rings. The number of halogens is 1. The minimum atomic E-state index is -3.52. The van der Waals surface area contributed by atoms with E-state index < -0.39 is 10.0 Å². The van der Waals surface area contributed by atoms with Crippen molar-refractivity contribution >= 4 is 27.4 Å². The van der Waals surface area contributed by atoms with Crippen LogP contribution in [0.5, 0.6) is 0 Å². The Morgan fingerprint density at radius 2 is 2.00 bits per heavy atom. The molecule has 0 unspecified atom stereocenters. The van der Waals surface area contributed by atoms with Gasteiger partial charge in [-0.25, -0.2) is 13.4 Å². The summed E-state index contributed by atoms with van der Waals surface area (Å²) in [5, 5.41) is 0.435. The predicted octanol–water partition coefficient (Wildman–Crippen LogP) is 2.99. The molecule has 0 saturated carbocycles. The summed E-state index contributed by atoms with van der Waals surface area (Å²) in [6.07, 6.45) is 1.56. The molecule has 1 aromatic heterocycles. The summed E-state index contributed by atoms with van der Waals surface area (Å²) < 4.78 is 26.5. The van der Waals surface area contributed by atoms with Gasteiger partial charge in [-0.2, -0.15) is 0 Å². The fourth-order valence-electron chi connectivity index (χ4n) is 1.61. The minimum absolute atomic E-state index is 0.178. The Morgan fingerprint density at radius 1 is 1.26 bits per heavy atom. The zero-order valence-corrected chi connectivity index (χ0v) is 11.9. The van der Waals surface area contributed by atoms with Gasteiger partial charge in [0.15, 0.2) is 0 Å². The Hall–Kier alpha value is -1.59. The van der Waals surface area contributed by atoms with Crippen LogP contribution in [0.2, 0.25) is 5.02 Å². The first kappa shape index (κ1) is 13.8. The Balaban J connectivity index is 2.18. The number of hydrogen-bond donors (Lipinski definition) is 1. The van der Waals surface area contributed by atoms with E-state index in [9.17, 15) is 8.42 Å². The fourth-order valence-corrected chi connectivity index (χ4v) is 3.05. The Bertz CT molecular complexity index is 687. The van der Waals surface area contributed by atoms with Crippen molar-refractivity contribution in [3.05, 3.63) is 58.7 Å². The van der Waals surface area contributed by atoms with Crippen molar-refractivity contribution in [2.75, 3.05) is 4.72 Å². The van der Waals surface area contributed by atoms with E-state index in [-0.39, 0.29) is 5.75 Å². The van der Waals surface area contributed by atoms with Crippen molar-refractivity contribution in [1.29, 1.82) is 0 Å². The van der Waals surface area contributed by atoms with E-state index in [2.05, 4.69) is 9.71 Å². The first-order valence-corrected chi connectivity index (χ1v) is 7.66. The molecule has 0 spiro atoms. The summed E-state index contributed by atoms with van der Waals surface area (Å²) in [4.78, 5) is 3.97. The van der Waals surface area contributed by atoms with E-state index in [0.29, 0.717) is 16.4 Å². The molecule has 0 bridgehead atoms. The topological polar surface area (TPSA) is 59.1 Å². The highest BCUT2D eigenvalue weighted by Gasteiger charge is 2.14. The van der Waals surface area contributed by atoms with Crippen molar-refractivity contribution in [3.63, 3.8) is 0 Å². The zero-order valence-electron chi connectivity index (χ0n) is 10.3. The maximum absolute atomic E-state index is 12.0. The van der Waals surface area contributed by atoms with Crippen LogP contribution in [-0.4, -0.2) is 13.4 Å². The number of pyridine rings is 1. The van der Waals surface area contributed by atoms with Gasteiger partial charge in [0.05, 0.1) is 5.75 Å². The Morgan fingerprint density at radius 3 is 2.68 bits per heavy atom. The molecule has 6 heteroatoms. The average molecular weight is 297 g/mol. The molecule has 0 aliphatic heterocycles. The third-order valence-electron chi connectivity index (χ3n) is 2.48. The van der Waals surface area contributed by atoms with Crippen LogP contribution in [0.25, 0.3) is 0 Å². The molecule has 1 heterocycles. The first-order valence-electron chi connectivity index (χ1n) is 5.63. The van der Waals surface area contributed by atoms with Crippen molar-refractivity contribution < 1.29 is 8.42 Å².